The zero-order chi connectivity index (χ0) is 23.2. The third-order valence-corrected chi connectivity index (χ3v) is 5.02. The molecule has 7 nitrogen and oxygen atoms in total. The predicted molar refractivity (Wildman–Crippen MR) is 122 cm³/mol. The van der Waals surface area contributed by atoms with Crippen LogP contribution in [0.4, 0.5) is 5.69 Å². The topological polar surface area (TPSA) is 90.9 Å². The maximum absolute atomic E-state index is 12.4. The summed E-state index contributed by atoms with van der Waals surface area (Å²) in [6.45, 7) is 0.00587. The summed E-state index contributed by atoms with van der Waals surface area (Å²) in [6.07, 6.45) is 3.23. The summed E-state index contributed by atoms with van der Waals surface area (Å²) in [7, 11) is 1.60. The minimum atomic E-state index is -0.357. The van der Waals surface area contributed by atoms with Crippen LogP contribution in [0.3, 0.4) is 0 Å². The van der Waals surface area contributed by atoms with Crippen molar-refractivity contribution in [3.63, 3.8) is 0 Å². The van der Waals surface area contributed by atoms with E-state index in [0.717, 1.165) is 16.9 Å². The summed E-state index contributed by atoms with van der Waals surface area (Å²) in [5.41, 5.74) is 3.20. The molecule has 3 aromatic rings. The van der Waals surface area contributed by atoms with E-state index in [1.807, 2.05) is 24.3 Å². The average Bonchev–Trinajstić information content (AvgIpc) is 3.21. The summed E-state index contributed by atoms with van der Waals surface area (Å²) in [4.78, 5) is 36.0. The maximum atomic E-state index is 12.4. The Bertz CT molecular complexity index is 1210. The fourth-order valence-corrected chi connectivity index (χ4v) is 3.26. The average molecular weight is 443 g/mol. The second kappa shape index (κ2) is 9.82. The van der Waals surface area contributed by atoms with Crippen molar-refractivity contribution >= 4 is 29.4 Å². The van der Waals surface area contributed by atoms with Crippen molar-refractivity contribution in [2.75, 3.05) is 19.0 Å². The summed E-state index contributed by atoms with van der Waals surface area (Å²) < 4.78 is 15.6. The molecule has 1 N–H and O–H groups in total. The second-order valence-electron chi connectivity index (χ2n) is 7.28. The largest absolute Gasteiger partial charge is 0.497 e. The Labute approximate surface area is 190 Å². The third kappa shape index (κ3) is 5.46. The molecular formula is C26H21NO6. The monoisotopic (exact) mass is 443 g/mol. The number of benzene rings is 3. The minimum absolute atomic E-state index is 0.144. The van der Waals surface area contributed by atoms with Crippen molar-refractivity contribution in [3.8, 4) is 11.5 Å². The normalized spacial score (nSPS) is 12.2. The minimum Gasteiger partial charge on any atom is -0.497 e. The highest BCUT2D eigenvalue weighted by Gasteiger charge is 2.21. The molecule has 166 valence electrons. The van der Waals surface area contributed by atoms with E-state index in [1.165, 1.54) is 6.08 Å². The molecule has 0 fully saturated rings. The zero-order valence-corrected chi connectivity index (χ0v) is 17.9. The van der Waals surface area contributed by atoms with Gasteiger partial charge in [0.15, 0.2) is 12.4 Å². The van der Waals surface area contributed by atoms with Gasteiger partial charge >= 0.3 is 5.97 Å². The number of carbonyl (C=O) groups excluding carboxylic acids is 3. The summed E-state index contributed by atoms with van der Waals surface area (Å²) >= 11 is 0. The molecule has 0 aliphatic carbocycles. The van der Waals surface area contributed by atoms with E-state index >= 15 is 0 Å². The summed E-state index contributed by atoms with van der Waals surface area (Å²) in [5.74, 6) is 0.371. The first-order valence-corrected chi connectivity index (χ1v) is 10.2. The van der Waals surface area contributed by atoms with Gasteiger partial charge in [0.05, 0.1) is 12.7 Å². The molecule has 1 amide bonds. The fraction of sp³-hybridized carbons (Fsp3) is 0.115. The van der Waals surface area contributed by atoms with Crippen molar-refractivity contribution in [2.45, 2.75) is 6.61 Å². The number of methoxy groups -OCH3 is 1. The summed E-state index contributed by atoms with van der Waals surface area (Å²) in [6, 6.07) is 18.9. The molecule has 4 rings (SSSR count). The lowest BCUT2D eigenvalue weighted by Crippen LogP contribution is -2.20. The van der Waals surface area contributed by atoms with Crippen LogP contribution in [0.1, 0.15) is 31.8 Å². The van der Waals surface area contributed by atoms with Gasteiger partial charge in [0, 0.05) is 16.8 Å². The second-order valence-corrected chi connectivity index (χ2v) is 7.28. The first kappa shape index (κ1) is 21.8. The van der Waals surface area contributed by atoms with Crippen LogP contribution >= 0.6 is 0 Å². The Morgan fingerprint density at radius 3 is 2.45 bits per heavy atom. The third-order valence-electron chi connectivity index (χ3n) is 5.02. The van der Waals surface area contributed by atoms with E-state index in [4.69, 9.17) is 14.2 Å². The lowest BCUT2D eigenvalue weighted by Gasteiger charge is -2.08. The molecule has 7 heteroatoms. The predicted octanol–water partition coefficient (Wildman–Crippen LogP) is 4.28. The van der Waals surface area contributed by atoms with Crippen LogP contribution < -0.4 is 14.8 Å². The Hall–Kier alpha value is -4.39. The molecule has 33 heavy (non-hydrogen) atoms. The number of allylic oxidation sites excluding steroid dienone is 1. The Balaban J connectivity index is 1.28. The lowest BCUT2D eigenvalue weighted by molar-refractivity contribution is -0.118. The molecule has 1 aliphatic rings. The first-order valence-electron chi connectivity index (χ1n) is 10.2. The van der Waals surface area contributed by atoms with Gasteiger partial charge in [-0.2, -0.15) is 0 Å². The van der Waals surface area contributed by atoms with Crippen LogP contribution in [0.5, 0.6) is 11.5 Å². The van der Waals surface area contributed by atoms with E-state index in [-0.39, 0.29) is 30.9 Å². The van der Waals surface area contributed by atoms with E-state index in [1.54, 1.807) is 55.7 Å². The highest BCUT2D eigenvalue weighted by Crippen LogP contribution is 2.23. The number of rotatable bonds is 8. The van der Waals surface area contributed by atoms with E-state index in [9.17, 15) is 14.4 Å². The summed E-state index contributed by atoms with van der Waals surface area (Å²) in [5, 5.41) is 2.72. The van der Waals surface area contributed by atoms with Crippen molar-refractivity contribution in [1.82, 2.24) is 0 Å². The fourth-order valence-electron chi connectivity index (χ4n) is 3.26. The number of ketones is 1. The number of carbonyl (C=O) groups is 3. The first-order chi connectivity index (χ1) is 16.0. The number of hydrogen-bond donors (Lipinski definition) is 1. The van der Waals surface area contributed by atoms with Gasteiger partial charge in [-0.1, -0.05) is 18.2 Å². The van der Waals surface area contributed by atoms with Gasteiger partial charge in [0.2, 0.25) is 0 Å². The highest BCUT2D eigenvalue weighted by atomic mass is 16.5. The molecule has 0 spiro atoms. The molecule has 0 saturated heterocycles. The van der Waals surface area contributed by atoms with Gasteiger partial charge in [0.1, 0.15) is 18.1 Å². The SMILES string of the molecule is COc1ccc(/C=C/C(=O)c2ccc(OCC(=O)Nc3ccc4c(c3)COC4=O)cc2)cc1. The molecule has 0 saturated carbocycles. The smallest absolute Gasteiger partial charge is 0.338 e. The van der Waals surface area contributed by atoms with Gasteiger partial charge in [-0.3, -0.25) is 9.59 Å². The molecule has 1 aliphatic heterocycles. The molecule has 0 unspecified atom stereocenters. The van der Waals surface area contributed by atoms with Crippen LogP contribution in [0.25, 0.3) is 6.08 Å². The van der Waals surface area contributed by atoms with Crippen LogP contribution in [-0.2, 0) is 16.1 Å². The number of amides is 1. The molecular weight excluding hydrogens is 422 g/mol. The number of anilines is 1. The van der Waals surface area contributed by atoms with E-state index < -0.39 is 0 Å². The zero-order valence-electron chi connectivity index (χ0n) is 17.9. The Kier molecular flexibility index (Phi) is 6.50. The quantitative estimate of drug-likeness (QED) is 0.318. The highest BCUT2D eigenvalue weighted by molar-refractivity contribution is 6.06. The van der Waals surface area contributed by atoms with Gasteiger partial charge in [-0.15, -0.1) is 0 Å². The van der Waals surface area contributed by atoms with E-state index in [0.29, 0.717) is 22.6 Å². The van der Waals surface area contributed by atoms with Crippen LogP contribution in [0.15, 0.2) is 72.8 Å². The van der Waals surface area contributed by atoms with Crippen molar-refractivity contribution in [2.24, 2.45) is 0 Å². The molecule has 0 aromatic heterocycles. The molecule has 0 radical (unpaired) electrons. The van der Waals surface area contributed by atoms with Crippen molar-refractivity contribution < 1.29 is 28.6 Å². The Morgan fingerprint density at radius 2 is 1.73 bits per heavy atom. The molecule has 3 aromatic carbocycles. The molecule has 1 heterocycles. The number of fused-ring (bicyclic) bond motifs is 1. The number of hydrogen-bond acceptors (Lipinski definition) is 6. The van der Waals surface area contributed by atoms with Gasteiger partial charge in [-0.25, -0.2) is 4.79 Å². The van der Waals surface area contributed by atoms with Crippen LogP contribution in [0.2, 0.25) is 0 Å². The van der Waals surface area contributed by atoms with Crippen LogP contribution in [0, 0.1) is 0 Å². The lowest BCUT2D eigenvalue weighted by atomic mass is 10.1. The van der Waals surface area contributed by atoms with Crippen molar-refractivity contribution in [3.05, 3.63) is 95.1 Å². The van der Waals surface area contributed by atoms with Gasteiger partial charge < -0.3 is 19.5 Å². The number of nitrogens with one attached hydrogen (secondary N) is 1. The van der Waals surface area contributed by atoms with Gasteiger partial charge in [-0.05, 0) is 66.2 Å². The van der Waals surface area contributed by atoms with Crippen LogP contribution in [-0.4, -0.2) is 31.4 Å². The maximum Gasteiger partial charge on any atom is 0.338 e. The van der Waals surface area contributed by atoms with E-state index in [2.05, 4.69) is 5.32 Å². The standard InChI is InChI=1S/C26H21NO6/c1-31-21-8-2-17(3-9-21)4-13-24(28)18-5-10-22(11-6-18)32-16-25(29)27-20-7-12-23-19(14-20)15-33-26(23)30/h2-14H,15-16H2,1H3,(H,27,29)/b13-4+. The Morgan fingerprint density at radius 1 is 1.00 bits per heavy atom. The van der Waals surface area contributed by atoms with Crippen molar-refractivity contribution in [1.29, 1.82) is 0 Å². The number of ether oxygens (including phenoxy) is 3. The molecule has 0 atom stereocenters. The molecule has 0 bridgehead atoms. The van der Waals surface area contributed by atoms with Gasteiger partial charge in [0.25, 0.3) is 5.91 Å². The number of esters is 1. The number of cyclic esters (lactones) is 1.